The molecule has 1 aromatic rings. The Morgan fingerprint density at radius 1 is 1.45 bits per heavy atom. The van der Waals surface area contributed by atoms with E-state index in [0.29, 0.717) is 5.41 Å². The van der Waals surface area contributed by atoms with E-state index in [-0.39, 0.29) is 0 Å². The second kappa shape index (κ2) is 2.68. The molecule has 0 unspecified atom stereocenters. The Hall–Kier alpha value is -0.790. The zero-order chi connectivity index (χ0) is 8.48. The summed E-state index contributed by atoms with van der Waals surface area (Å²) in [6.45, 7) is 6.71. The Morgan fingerprint density at radius 2 is 2.09 bits per heavy atom. The first-order valence-corrected chi connectivity index (χ1v) is 3.96. The van der Waals surface area contributed by atoms with Crippen molar-refractivity contribution < 1.29 is 0 Å². The third-order valence-electron chi connectivity index (χ3n) is 1.63. The van der Waals surface area contributed by atoms with Gasteiger partial charge in [-0.3, -0.25) is 4.68 Å². The van der Waals surface area contributed by atoms with Crippen molar-refractivity contribution in [3.05, 3.63) is 18.0 Å². The fourth-order valence-corrected chi connectivity index (χ4v) is 1.12. The number of aryl methyl sites for hydroxylation is 1. The Labute approximate surface area is 68.2 Å². The van der Waals surface area contributed by atoms with Gasteiger partial charge >= 0.3 is 0 Å². The van der Waals surface area contributed by atoms with Crippen LogP contribution in [-0.4, -0.2) is 9.78 Å². The first-order chi connectivity index (χ1) is 4.99. The molecule has 62 valence electrons. The number of hydrogen-bond acceptors (Lipinski definition) is 1. The molecule has 0 atom stereocenters. The second-order valence-corrected chi connectivity index (χ2v) is 4.18. The maximum atomic E-state index is 4.12. The predicted octanol–water partition coefficient (Wildman–Crippen LogP) is 2.01. The third kappa shape index (κ3) is 2.37. The van der Waals surface area contributed by atoms with Crippen molar-refractivity contribution >= 4 is 0 Å². The highest BCUT2D eigenvalue weighted by Crippen LogP contribution is 2.19. The molecule has 0 N–H and O–H groups in total. The molecule has 0 aromatic carbocycles. The maximum absolute atomic E-state index is 4.12. The van der Waals surface area contributed by atoms with Gasteiger partial charge in [-0.25, -0.2) is 0 Å². The third-order valence-corrected chi connectivity index (χ3v) is 1.63. The summed E-state index contributed by atoms with van der Waals surface area (Å²) in [6, 6.07) is 2.07. The van der Waals surface area contributed by atoms with Crippen LogP contribution in [0.15, 0.2) is 12.3 Å². The van der Waals surface area contributed by atoms with Crippen LogP contribution in [0.1, 0.15) is 26.5 Å². The largest absolute Gasteiger partial charge is 0.273 e. The summed E-state index contributed by atoms with van der Waals surface area (Å²) in [5, 5.41) is 4.12. The molecule has 0 aliphatic rings. The smallest absolute Gasteiger partial charge is 0.0492 e. The monoisotopic (exact) mass is 152 g/mol. The topological polar surface area (TPSA) is 17.8 Å². The molecule has 0 saturated carbocycles. The van der Waals surface area contributed by atoms with Crippen molar-refractivity contribution in [3.8, 4) is 0 Å². The van der Waals surface area contributed by atoms with E-state index in [2.05, 4.69) is 31.9 Å². The molecule has 0 spiro atoms. The van der Waals surface area contributed by atoms with Gasteiger partial charge in [0.05, 0.1) is 0 Å². The van der Waals surface area contributed by atoms with Crippen molar-refractivity contribution in [1.29, 1.82) is 0 Å². The van der Waals surface area contributed by atoms with Crippen LogP contribution < -0.4 is 0 Å². The molecule has 11 heavy (non-hydrogen) atoms. The summed E-state index contributed by atoms with van der Waals surface area (Å²) in [5.74, 6) is 0. The van der Waals surface area contributed by atoms with Crippen LogP contribution >= 0.6 is 0 Å². The van der Waals surface area contributed by atoms with Crippen LogP contribution in [0.4, 0.5) is 0 Å². The van der Waals surface area contributed by atoms with Gasteiger partial charge < -0.3 is 0 Å². The van der Waals surface area contributed by atoms with E-state index in [1.807, 2.05) is 17.9 Å². The van der Waals surface area contributed by atoms with Crippen LogP contribution in [0.5, 0.6) is 0 Å². The lowest BCUT2D eigenvalue weighted by atomic mass is 9.91. The summed E-state index contributed by atoms with van der Waals surface area (Å²) in [4.78, 5) is 0. The van der Waals surface area contributed by atoms with Crippen molar-refractivity contribution in [2.24, 2.45) is 12.5 Å². The maximum Gasteiger partial charge on any atom is 0.0492 e. The standard InChI is InChI=1S/C9H16N2/c1-9(2,3)7-8-5-6-10-11(8)4/h5-6H,7H2,1-4H3. The minimum absolute atomic E-state index is 0.355. The average Bonchev–Trinajstić information content (AvgIpc) is 2.12. The van der Waals surface area contributed by atoms with E-state index >= 15 is 0 Å². The number of rotatable bonds is 1. The quantitative estimate of drug-likeness (QED) is 0.602. The molecule has 0 bridgehead atoms. The first kappa shape index (κ1) is 8.31. The number of nitrogens with zero attached hydrogens (tertiary/aromatic N) is 2. The fourth-order valence-electron chi connectivity index (χ4n) is 1.12. The van der Waals surface area contributed by atoms with Crippen LogP contribution in [0.25, 0.3) is 0 Å². The van der Waals surface area contributed by atoms with Gasteiger partial charge in [0.2, 0.25) is 0 Å². The van der Waals surface area contributed by atoms with Crippen LogP contribution in [0, 0.1) is 5.41 Å². The van der Waals surface area contributed by atoms with E-state index in [4.69, 9.17) is 0 Å². The summed E-state index contributed by atoms with van der Waals surface area (Å²) >= 11 is 0. The van der Waals surface area contributed by atoms with Crippen LogP contribution in [-0.2, 0) is 13.5 Å². The lowest BCUT2D eigenvalue weighted by molar-refractivity contribution is 0.398. The molecule has 2 nitrogen and oxygen atoms in total. The van der Waals surface area contributed by atoms with E-state index in [1.54, 1.807) is 0 Å². The minimum Gasteiger partial charge on any atom is -0.273 e. The van der Waals surface area contributed by atoms with Crippen LogP contribution in [0.2, 0.25) is 0 Å². The Morgan fingerprint density at radius 3 is 2.45 bits per heavy atom. The highest BCUT2D eigenvalue weighted by Gasteiger charge is 2.12. The summed E-state index contributed by atoms with van der Waals surface area (Å²) < 4.78 is 1.94. The van der Waals surface area contributed by atoms with E-state index in [1.165, 1.54) is 5.69 Å². The average molecular weight is 152 g/mol. The van der Waals surface area contributed by atoms with Gasteiger partial charge in [0.25, 0.3) is 0 Å². The summed E-state index contributed by atoms with van der Waals surface area (Å²) in [6.07, 6.45) is 2.94. The van der Waals surface area contributed by atoms with Crippen molar-refractivity contribution in [2.45, 2.75) is 27.2 Å². The Bertz CT molecular complexity index is 230. The van der Waals surface area contributed by atoms with E-state index < -0.39 is 0 Å². The molecule has 1 aromatic heterocycles. The molecule has 0 radical (unpaired) electrons. The molecular formula is C9H16N2. The Balaban J connectivity index is 2.72. The van der Waals surface area contributed by atoms with Gasteiger partial charge in [0, 0.05) is 18.9 Å². The van der Waals surface area contributed by atoms with Gasteiger partial charge in [-0.15, -0.1) is 0 Å². The summed E-state index contributed by atoms with van der Waals surface area (Å²) in [7, 11) is 1.99. The van der Waals surface area contributed by atoms with E-state index in [0.717, 1.165) is 6.42 Å². The van der Waals surface area contributed by atoms with Gasteiger partial charge in [-0.05, 0) is 17.9 Å². The SMILES string of the molecule is Cn1nccc1CC(C)(C)C. The molecule has 0 fully saturated rings. The minimum atomic E-state index is 0.355. The molecular weight excluding hydrogens is 136 g/mol. The number of aromatic nitrogens is 2. The molecule has 2 heteroatoms. The second-order valence-electron chi connectivity index (χ2n) is 4.18. The lowest BCUT2D eigenvalue weighted by Gasteiger charge is -2.17. The first-order valence-electron chi connectivity index (χ1n) is 3.96. The van der Waals surface area contributed by atoms with Crippen LogP contribution in [0.3, 0.4) is 0 Å². The molecule has 0 amide bonds. The normalized spacial score (nSPS) is 12.0. The van der Waals surface area contributed by atoms with Gasteiger partial charge in [-0.2, -0.15) is 5.10 Å². The lowest BCUT2D eigenvalue weighted by Crippen LogP contribution is -2.12. The number of hydrogen-bond donors (Lipinski definition) is 0. The highest BCUT2D eigenvalue weighted by atomic mass is 15.2. The van der Waals surface area contributed by atoms with Gasteiger partial charge in [-0.1, -0.05) is 20.8 Å². The predicted molar refractivity (Wildman–Crippen MR) is 46.4 cm³/mol. The highest BCUT2D eigenvalue weighted by molar-refractivity contribution is 5.02. The Kier molecular flexibility index (Phi) is 2.03. The van der Waals surface area contributed by atoms with Crippen molar-refractivity contribution in [1.82, 2.24) is 9.78 Å². The van der Waals surface area contributed by atoms with Gasteiger partial charge in [0.1, 0.15) is 0 Å². The molecule has 0 aliphatic heterocycles. The molecule has 1 heterocycles. The molecule has 0 saturated heterocycles. The van der Waals surface area contributed by atoms with Gasteiger partial charge in [0.15, 0.2) is 0 Å². The zero-order valence-corrected chi connectivity index (χ0v) is 7.76. The van der Waals surface area contributed by atoms with E-state index in [9.17, 15) is 0 Å². The summed E-state index contributed by atoms with van der Waals surface area (Å²) in [5.41, 5.74) is 1.66. The molecule has 1 rings (SSSR count). The zero-order valence-electron chi connectivity index (χ0n) is 7.76. The van der Waals surface area contributed by atoms with Crippen molar-refractivity contribution in [3.63, 3.8) is 0 Å². The fraction of sp³-hybridized carbons (Fsp3) is 0.667. The van der Waals surface area contributed by atoms with Crippen molar-refractivity contribution in [2.75, 3.05) is 0 Å². The molecule has 0 aliphatic carbocycles.